The molecule has 110 valence electrons. The molecule has 0 spiro atoms. The third-order valence-corrected chi connectivity index (χ3v) is 3.66. The van der Waals surface area contributed by atoms with Gasteiger partial charge in [-0.2, -0.15) is 0 Å². The predicted octanol–water partition coefficient (Wildman–Crippen LogP) is 3.10. The Balaban J connectivity index is 1.62. The fraction of sp³-hybridized carbons (Fsp3) is 0.312. The van der Waals surface area contributed by atoms with Gasteiger partial charge in [-0.05, 0) is 43.2 Å². The van der Waals surface area contributed by atoms with E-state index in [2.05, 4.69) is 0 Å². The van der Waals surface area contributed by atoms with Crippen LogP contribution in [0.1, 0.15) is 23.2 Å². The van der Waals surface area contributed by atoms with Gasteiger partial charge in [0.25, 0.3) is 5.91 Å². The van der Waals surface area contributed by atoms with E-state index in [0.29, 0.717) is 17.9 Å². The first-order valence-electron chi connectivity index (χ1n) is 6.95. The molecular formula is C16H16FNO3. The third kappa shape index (κ3) is 3.07. The number of furan rings is 1. The molecule has 0 aliphatic carbocycles. The minimum absolute atomic E-state index is 0.0334. The lowest BCUT2D eigenvalue weighted by Crippen LogP contribution is -2.38. The predicted molar refractivity (Wildman–Crippen MR) is 74.7 cm³/mol. The van der Waals surface area contributed by atoms with Crippen molar-refractivity contribution < 1.29 is 18.3 Å². The standard InChI is InChI=1S/C16H16FNO3/c17-13-3-5-15(6-4-13)21-11-14-2-1-8-18(14)16(19)12-7-9-20-10-12/h3-7,9-10,14H,1-2,8,11H2. The zero-order valence-electron chi connectivity index (χ0n) is 11.5. The van der Waals surface area contributed by atoms with Crippen LogP contribution in [0.5, 0.6) is 5.75 Å². The van der Waals surface area contributed by atoms with Gasteiger partial charge in [0, 0.05) is 6.54 Å². The molecule has 1 aliphatic rings. The van der Waals surface area contributed by atoms with Crippen LogP contribution in [-0.4, -0.2) is 30.0 Å². The van der Waals surface area contributed by atoms with Crippen LogP contribution in [0.3, 0.4) is 0 Å². The Morgan fingerprint density at radius 3 is 2.86 bits per heavy atom. The number of likely N-dealkylation sites (tertiary alicyclic amines) is 1. The summed E-state index contributed by atoms with van der Waals surface area (Å²) >= 11 is 0. The maximum atomic E-state index is 12.8. The quantitative estimate of drug-likeness (QED) is 0.868. The molecule has 0 N–H and O–H groups in total. The average Bonchev–Trinajstić information content (AvgIpc) is 3.17. The van der Waals surface area contributed by atoms with Crippen molar-refractivity contribution in [3.8, 4) is 5.75 Å². The fourth-order valence-electron chi connectivity index (χ4n) is 2.55. The number of carbonyl (C=O) groups excluding carboxylic acids is 1. The number of benzene rings is 1. The lowest BCUT2D eigenvalue weighted by molar-refractivity contribution is 0.0691. The summed E-state index contributed by atoms with van der Waals surface area (Å²) in [7, 11) is 0. The molecule has 1 fully saturated rings. The minimum atomic E-state index is -0.292. The lowest BCUT2D eigenvalue weighted by atomic mass is 10.2. The minimum Gasteiger partial charge on any atom is -0.491 e. The van der Waals surface area contributed by atoms with Gasteiger partial charge in [0.2, 0.25) is 0 Å². The van der Waals surface area contributed by atoms with Crippen LogP contribution >= 0.6 is 0 Å². The Labute approximate surface area is 122 Å². The second-order valence-electron chi connectivity index (χ2n) is 5.07. The molecular weight excluding hydrogens is 273 g/mol. The topological polar surface area (TPSA) is 42.7 Å². The zero-order chi connectivity index (χ0) is 14.7. The van der Waals surface area contributed by atoms with Crippen LogP contribution in [0, 0.1) is 5.82 Å². The molecule has 1 unspecified atom stereocenters. The molecule has 1 aromatic heterocycles. The average molecular weight is 289 g/mol. The number of hydrogen-bond donors (Lipinski definition) is 0. The van der Waals surface area contributed by atoms with Crippen molar-refractivity contribution >= 4 is 5.91 Å². The molecule has 3 rings (SSSR count). The van der Waals surface area contributed by atoms with Gasteiger partial charge in [0.05, 0.1) is 17.9 Å². The number of ether oxygens (including phenoxy) is 1. The number of rotatable bonds is 4. The summed E-state index contributed by atoms with van der Waals surface area (Å²) in [5.41, 5.74) is 0.559. The number of nitrogens with zero attached hydrogens (tertiary/aromatic N) is 1. The number of halogens is 1. The summed E-state index contributed by atoms with van der Waals surface area (Å²) in [6.45, 7) is 1.14. The lowest BCUT2D eigenvalue weighted by Gasteiger charge is -2.24. The van der Waals surface area contributed by atoms with Gasteiger partial charge in [-0.1, -0.05) is 0 Å². The van der Waals surface area contributed by atoms with Crippen LogP contribution < -0.4 is 4.74 Å². The van der Waals surface area contributed by atoms with Gasteiger partial charge in [0.15, 0.2) is 0 Å². The van der Waals surface area contributed by atoms with Crippen molar-refractivity contribution in [1.82, 2.24) is 4.90 Å². The highest BCUT2D eigenvalue weighted by Crippen LogP contribution is 2.22. The molecule has 1 aromatic carbocycles. The molecule has 1 amide bonds. The van der Waals surface area contributed by atoms with Crippen molar-refractivity contribution in [2.24, 2.45) is 0 Å². The van der Waals surface area contributed by atoms with E-state index in [4.69, 9.17) is 9.15 Å². The Kier molecular flexibility index (Phi) is 3.90. The van der Waals surface area contributed by atoms with E-state index in [1.807, 2.05) is 4.90 Å². The summed E-state index contributed by atoms with van der Waals surface area (Å²) in [5, 5.41) is 0. The summed E-state index contributed by atoms with van der Waals surface area (Å²) in [4.78, 5) is 14.1. The molecule has 2 heterocycles. The van der Waals surface area contributed by atoms with Crippen LogP contribution in [0.4, 0.5) is 4.39 Å². The van der Waals surface area contributed by atoms with Gasteiger partial charge in [0.1, 0.15) is 24.4 Å². The zero-order valence-corrected chi connectivity index (χ0v) is 11.5. The molecule has 1 saturated heterocycles. The first kappa shape index (κ1) is 13.7. The highest BCUT2D eigenvalue weighted by molar-refractivity contribution is 5.94. The van der Waals surface area contributed by atoms with Crippen molar-refractivity contribution in [2.45, 2.75) is 18.9 Å². The Morgan fingerprint density at radius 1 is 1.33 bits per heavy atom. The van der Waals surface area contributed by atoms with E-state index in [0.717, 1.165) is 19.4 Å². The second-order valence-corrected chi connectivity index (χ2v) is 5.07. The molecule has 0 radical (unpaired) electrons. The highest BCUT2D eigenvalue weighted by atomic mass is 19.1. The number of hydrogen-bond acceptors (Lipinski definition) is 3. The third-order valence-electron chi connectivity index (χ3n) is 3.66. The Morgan fingerprint density at radius 2 is 2.14 bits per heavy atom. The SMILES string of the molecule is O=C(c1ccoc1)N1CCCC1COc1ccc(F)cc1. The van der Waals surface area contributed by atoms with E-state index < -0.39 is 0 Å². The van der Waals surface area contributed by atoms with E-state index >= 15 is 0 Å². The van der Waals surface area contributed by atoms with Crippen LogP contribution in [-0.2, 0) is 0 Å². The second kappa shape index (κ2) is 5.99. The first-order chi connectivity index (χ1) is 10.2. The fourth-order valence-corrected chi connectivity index (χ4v) is 2.55. The normalized spacial score (nSPS) is 18.0. The Hall–Kier alpha value is -2.30. The summed E-state index contributed by atoms with van der Waals surface area (Å²) in [6, 6.07) is 7.60. The first-order valence-corrected chi connectivity index (χ1v) is 6.95. The smallest absolute Gasteiger partial charge is 0.257 e. The molecule has 2 aromatic rings. The summed E-state index contributed by atoms with van der Waals surface area (Å²) < 4.78 is 23.5. The molecule has 1 atom stereocenters. The summed E-state index contributed by atoms with van der Waals surface area (Å²) in [5.74, 6) is 0.285. The van der Waals surface area contributed by atoms with E-state index in [1.165, 1.54) is 24.7 Å². The molecule has 0 bridgehead atoms. The van der Waals surface area contributed by atoms with Crippen LogP contribution in [0.25, 0.3) is 0 Å². The molecule has 4 nitrogen and oxygen atoms in total. The van der Waals surface area contributed by atoms with Crippen molar-refractivity contribution in [2.75, 3.05) is 13.2 Å². The van der Waals surface area contributed by atoms with Gasteiger partial charge in [-0.3, -0.25) is 4.79 Å². The van der Waals surface area contributed by atoms with Gasteiger partial charge < -0.3 is 14.1 Å². The van der Waals surface area contributed by atoms with E-state index in [1.54, 1.807) is 18.2 Å². The molecule has 21 heavy (non-hydrogen) atoms. The summed E-state index contributed by atoms with van der Waals surface area (Å²) in [6.07, 6.45) is 4.82. The maximum Gasteiger partial charge on any atom is 0.257 e. The van der Waals surface area contributed by atoms with Crippen LogP contribution in [0.2, 0.25) is 0 Å². The van der Waals surface area contributed by atoms with Crippen molar-refractivity contribution in [3.05, 3.63) is 54.2 Å². The van der Waals surface area contributed by atoms with Gasteiger partial charge >= 0.3 is 0 Å². The Bertz CT molecular complexity index is 594. The van der Waals surface area contributed by atoms with Crippen LogP contribution in [0.15, 0.2) is 47.3 Å². The highest BCUT2D eigenvalue weighted by Gasteiger charge is 2.30. The number of carbonyl (C=O) groups is 1. The van der Waals surface area contributed by atoms with Crippen molar-refractivity contribution in [3.63, 3.8) is 0 Å². The molecule has 5 heteroatoms. The monoisotopic (exact) mass is 289 g/mol. The molecule has 0 saturated carbocycles. The van der Waals surface area contributed by atoms with Gasteiger partial charge in [-0.25, -0.2) is 4.39 Å². The van der Waals surface area contributed by atoms with Gasteiger partial charge in [-0.15, -0.1) is 0 Å². The van der Waals surface area contributed by atoms with E-state index in [-0.39, 0.29) is 17.8 Å². The van der Waals surface area contributed by atoms with Crippen molar-refractivity contribution in [1.29, 1.82) is 0 Å². The van der Waals surface area contributed by atoms with E-state index in [9.17, 15) is 9.18 Å². The largest absolute Gasteiger partial charge is 0.491 e. The molecule has 1 aliphatic heterocycles. The number of amides is 1. The maximum absolute atomic E-state index is 12.8.